The summed E-state index contributed by atoms with van der Waals surface area (Å²) >= 11 is 4.15. The van der Waals surface area contributed by atoms with E-state index in [0.717, 1.165) is 32.3 Å². The molecule has 3 aromatic carbocycles. The third kappa shape index (κ3) is 4.99. The van der Waals surface area contributed by atoms with Gasteiger partial charge in [-0.25, -0.2) is 0 Å². The Hall–Kier alpha value is -3.43. The summed E-state index contributed by atoms with van der Waals surface area (Å²) in [5, 5.41) is 21.5. The van der Waals surface area contributed by atoms with E-state index in [2.05, 4.69) is 15.9 Å². The standard InChI is InChI=1S/C24H17BrN2O5S/c25-19-9-5-4-8-17(19)14-26-23(29)21(33-24(26)30)13-18-11-16(10-15-6-2-1-3-7-15)12-20(22(18)28)27(31)32/h1-9,11-13,28H,10,14H2/b21-13-. The summed E-state index contributed by atoms with van der Waals surface area (Å²) in [5.74, 6) is -1.06. The van der Waals surface area contributed by atoms with Gasteiger partial charge in [0.25, 0.3) is 11.1 Å². The van der Waals surface area contributed by atoms with Crippen LogP contribution in [0, 0.1) is 10.1 Å². The number of rotatable bonds is 6. The Balaban J connectivity index is 1.67. The molecule has 0 spiro atoms. The molecule has 0 saturated carbocycles. The van der Waals surface area contributed by atoms with Crippen LogP contribution in [0.3, 0.4) is 0 Å². The van der Waals surface area contributed by atoms with Gasteiger partial charge < -0.3 is 5.11 Å². The molecule has 2 amide bonds. The van der Waals surface area contributed by atoms with E-state index < -0.39 is 27.5 Å². The molecule has 4 rings (SSSR count). The Morgan fingerprint density at radius 2 is 1.73 bits per heavy atom. The lowest BCUT2D eigenvalue weighted by molar-refractivity contribution is -0.385. The summed E-state index contributed by atoms with van der Waals surface area (Å²) in [6, 6.07) is 19.6. The molecule has 1 fully saturated rings. The molecular formula is C24H17BrN2O5S. The number of hydrogen-bond acceptors (Lipinski definition) is 6. The van der Waals surface area contributed by atoms with Crippen molar-refractivity contribution in [3.63, 3.8) is 0 Å². The minimum atomic E-state index is -0.667. The third-order valence-corrected chi connectivity index (χ3v) is 6.75. The topological polar surface area (TPSA) is 101 Å². The lowest BCUT2D eigenvalue weighted by Gasteiger charge is -2.13. The van der Waals surface area contributed by atoms with Crippen molar-refractivity contribution < 1.29 is 19.6 Å². The molecule has 166 valence electrons. The average molecular weight is 525 g/mol. The Kier molecular flexibility index (Phi) is 6.62. The second-order valence-corrected chi connectivity index (χ2v) is 9.18. The number of hydrogen-bond donors (Lipinski definition) is 1. The number of aromatic hydroxyl groups is 1. The van der Waals surface area contributed by atoms with Crippen molar-refractivity contribution in [2.24, 2.45) is 0 Å². The maximum Gasteiger partial charge on any atom is 0.311 e. The summed E-state index contributed by atoms with van der Waals surface area (Å²) in [6.07, 6.45) is 1.74. The van der Waals surface area contributed by atoms with Gasteiger partial charge in [-0.1, -0.05) is 64.5 Å². The van der Waals surface area contributed by atoms with Crippen LogP contribution in [0.4, 0.5) is 10.5 Å². The second kappa shape index (κ2) is 9.60. The zero-order valence-electron chi connectivity index (χ0n) is 17.1. The lowest BCUT2D eigenvalue weighted by Crippen LogP contribution is -2.27. The molecule has 0 unspecified atom stereocenters. The van der Waals surface area contributed by atoms with Crippen LogP contribution in [0.15, 0.2) is 76.1 Å². The van der Waals surface area contributed by atoms with E-state index in [1.807, 2.05) is 48.5 Å². The molecule has 0 atom stereocenters. The number of phenols is 1. The zero-order chi connectivity index (χ0) is 23.5. The van der Waals surface area contributed by atoms with Crippen molar-refractivity contribution >= 4 is 50.6 Å². The lowest BCUT2D eigenvalue weighted by atomic mass is 10.0. The fourth-order valence-corrected chi connectivity index (χ4v) is 4.70. The number of imide groups is 1. The first-order valence-electron chi connectivity index (χ1n) is 9.86. The summed E-state index contributed by atoms with van der Waals surface area (Å²) in [6.45, 7) is 0.0869. The van der Waals surface area contributed by atoms with Gasteiger partial charge in [0.15, 0.2) is 0 Å². The smallest absolute Gasteiger partial charge is 0.311 e. The Morgan fingerprint density at radius 1 is 1.03 bits per heavy atom. The van der Waals surface area contributed by atoms with Crippen molar-refractivity contribution in [2.75, 3.05) is 0 Å². The van der Waals surface area contributed by atoms with Crippen LogP contribution in [0.2, 0.25) is 0 Å². The summed E-state index contributed by atoms with van der Waals surface area (Å²) < 4.78 is 0.773. The Morgan fingerprint density at radius 3 is 2.42 bits per heavy atom. The number of carbonyl (C=O) groups is 2. The fourth-order valence-electron chi connectivity index (χ4n) is 3.46. The maximum atomic E-state index is 12.9. The van der Waals surface area contributed by atoms with Crippen molar-refractivity contribution in [2.45, 2.75) is 13.0 Å². The first kappa shape index (κ1) is 22.8. The van der Waals surface area contributed by atoms with Crippen LogP contribution in [-0.4, -0.2) is 26.1 Å². The van der Waals surface area contributed by atoms with Gasteiger partial charge in [0.05, 0.1) is 16.4 Å². The molecular weight excluding hydrogens is 508 g/mol. The van der Waals surface area contributed by atoms with Gasteiger partial charge in [0.1, 0.15) is 0 Å². The largest absolute Gasteiger partial charge is 0.502 e. The molecule has 9 heteroatoms. The van der Waals surface area contributed by atoms with Gasteiger partial charge in [-0.05, 0) is 53.1 Å². The SMILES string of the molecule is O=C1S/C(=C\c2cc(Cc3ccccc3)cc([N+](=O)[O-])c2O)C(=O)N1Cc1ccccc1Br. The summed E-state index contributed by atoms with van der Waals surface area (Å²) in [5.41, 5.74) is 1.97. The quantitative estimate of drug-likeness (QED) is 0.245. The summed E-state index contributed by atoms with van der Waals surface area (Å²) in [7, 11) is 0. The van der Waals surface area contributed by atoms with E-state index in [1.54, 1.807) is 12.1 Å². The minimum Gasteiger partial charge on any atom is -0.502 e. The average Bonchev–Trinajstić information content (AvgIpc) is 3.05. The highest BCUT2D eigenvalue weighted by Crippen LogP contribution is 2.38. The molecule has 0 aromatic heterocycles. The molecule has 1 heterocycles. The van der Waals surface area contributed by atoms with Gasteiger partial charge in [-0.2, -0.15) is 0 Å². The number of nitro benzene ring substituents is 1. The van der Waals surface area contributed by atoms with Crippen LogP contribution in [0.25, 0.3) is 6.08 Å². The normalized spacial score (nSPS) is 14.8. The van der Waals surface area contributed by atoms with E-state index in [1.165, 1.54) is 12.1 Å². The van der Waals surface area contributed by atoms with Crippen LogP contribution < -0.4 is 0 Å². The highest BCUT2D eigenvalue weighted by molar-refractivity contribution is 9.10. The third-order valence-electron chi connectivity index (χ3n) is 5.07. The Labute approximate surface area is 202 Å². The number of nitrogens with zero attached hydrogens (tertiary/aromatic N) is 2. The highest BCUT2D eigenvalue weighted by atomic mass is 79.9. The fraction of sp³-hybridized carbons (Fsp3) is 0.0833. The molecule has 1 saturated heterocycles. The van der Waals surface area contributed by atoms with E-state index in [4.69, 9.17) is 0 Å². The molecule has 0 radical (unpaired) electrons. The van der Waals surface area contributed by atoms with Gasteiger partial charge in [-0.3, -0.25) is 24.6 Å². The zero-order valence-corrected chi connectivity index (χ0v) is 19.5. The van der Waals surface area contributed by atoms with Crippen LogP contribution in [0.5, 0.6) is 5.75 Å². The van der Waals surface area contributed by atoms with Gasteiger partial charge in [0, 0.05) is 16.1 Å². The first-order valence-corrected chi connectivity index (χ1v) is 11.5. The van der Waals surface area contributed by atoms with Crippen LogP contribution in [-0.2, 0) is 17.8 Å². The number of halogens is 1. The monoisotopic (exact) mass is 524 g/mol. The van der Waals surface area contributed by atoms with Crippen molar-refractivity contribution in [3.05, 3.63) is 108 Å². The highest BCUT2D eigenvalue weighted by Gasteiger charge is 2.35. The molecule has 3 aromatic rings. The predicted octanol–water partition coefficient (Wildman–Crippen LogP) is 5.89. The van der Waals surface area contributed by atoms with Crippen molar-refractivity contribution in [1.29, 1.82) is 0 Å². The number of nitro groups is 1. The summed E-state index contributed by atoms with van der Waals surface area (Å²) in [4.78, 5) is 37.5. The molecule has 1 N–H and O–H groups in total. The van der Waals surface area contributed by atoms with Gasteiger partial charge >= 0.3 is 5.69 Å². The van der Waals surface area contributed by atoms with Gasteiger partial charge in [-0.15, -0.1) is 0 Å². The van der Waals surface area contributed by atoms with E-state index in [0.29, 0.717) is 12.0 Å². The van der Waals surface area contributed by atoms with E-state index in [-0.39, 0.29) is 17.0 Å². The second-order valence-electron chi connectivity index (χ2n) is 7.33. The van der Waals surface area contributed by atoms with Crippen molar-refractivity contribution in [3.8, 4) is 5.75 Å². The number of carbonyl (C=O) groups excluding carboxylic acids is 2. The molecule has 33 heavy (non-hydrogen) atoms. The number of amides is 2. The van der Waals surface area contributed by atoms with E-state index >= 15 is 0 Å². The first-order chi connectivity index (χ1) is 15.8. The van der Waals surface area contributed by atoms with Gasteiger partial charge in [0.2, 0.25) is 5.75 Å². The maximum absolute atomic E-state index is 12.9. The van der Waals surface area contributed by atoms with Crippen LogP contribution in [0.1, 0.15) is 22.3 Å². The molecule has 0 aliphatic carbocycles. The number of thioether (sulfide) groups is 1. The van der Waals surface area contributed by atoms with Crippen molar-refractivity contribution in [1.82, 2.24) is 4.90 Å². The number of benzene rings is 3. The minimum absolute atomic E-state index is 0.0869. The molecule has 0 bridgehead atoms. The Bertz CT molecular complexity index is 1290. The predicted molar refractivity (Wildman–Crippen MR) is 130 cm³/mol. The van der Waals surface area contributed by atoms with E-state index in [9.17, 15) is 24.8 Å². The number of phenolic OH excluding ortho intramolecular Hbond substituents is 1. The van der Waals surface area contributed by atoms with Crippen LogP contribution >= 0.6 is 27.7 Å². The molecule has 1 aliphatic rings. The molecule has 7 nitrogen and oxygen atoms in total. The molecule has 1 aliphatic heterocycles.